The number of nitrogens with zero attached hydrogens (tertiary/aromatic N) is 3. The van der Waals surface area contributed by atoms with Crippen molar-refractivity contribution in [2.45, 2.75) is 45.4 Å². The minimum Gasteiger partial charge on any atom is -0.352 e. The maximum absolute atomic E-state index is 12.7. The molecule has 182 valence electrons. The van der Waals surface area contributed by atoms with E-state index < -0.39 is 15.9 Å². The van der Waals surface area contributed by atoms with Crippen LogP contribution in [0.25, 0.3) is 16.7 Å². The summed E-state index contributed by atoms with van der Waals surface area (Å²) in [5, 5.41) is 8.08. The zero-order chi connectivity index (χ0) is 25.3. The molecule has 0 bridgehead atoms. The normalized spacial score (nSPS) is 11.7. The summed E-state index contributed by atoms with van der Waals surface area (Å²) in [7, 11) is -4.00. The number of nitrogens with two attached hydrogens (primary N) is 1. The zero-order valence-corrected chi connectivity index (χ0v) is 21.1. The van der Waals surface area contributed by atoms with Gasteiger partial charge in [0.2, 0.25) is 10.0 Å². The van der Waals surface area contributed by atoms with Crippen LogP contribution in [0.2, 0.25) is 0 Å². The monoisotopic (exact) mass is 491 g/mol. The summed E-state index contributed by atoms with van der Waals surface area (Å²) in [6.07, 6.45) is 1.39. The minimum absolute atomic E-state index is 0.0574. The van der Waals surface area contributed by atoms with Crippen LogP contribution in [0.5, 0.6) is 0 Å². The molecule has 35 heavy (non-hydrogen) atoms. The second kappa shape index (κ2) is 9.59. The molecule has 0 aliphatic carbocycles. The molecule has 4 aromatic rings. The van der Waals surface area contributed by atoms with Crippen molar-refractivity contribution in [1.29, 1.82) is 0 Å². The number of aryl methyl sites for hydroxylation is 4. The Morgan fingerprint density at radius 2 is 1.74 bits per heavy atom. The fraction of sp³-hybridized carbons (Fsp3) is 0.269. The van der Waals surface area contributed by atoms with Crippen LogP contribution in [-0.2, 0) is 22.9 Å². The van der Waals surface area contributed by atoms with Gasteiger partial charge in [-0.1, -0.05) is 30.7 Å². The summed E-state index contributed by atoms with van der Waals surface area (Å²) in [5.41, 5.74) is 6.70. The molecular formula is C26H29N5O3S. The molecule has 3 N–H and O–H groups in total. The van der Waals surface area contributed by atoms with Gasteiger partial charge in [0, 0.05) is 24.3 Å². The van der Waals surface area contributed by atoms with Gasteiger partial charge >= 0.3 is 0 Å². The number of fused-ring (bicyclic) bond motifs is 1. The second-order valence-electron chi connectivity index (χ2n) is 8.65. The lowest BCUT2D eigenvalue weighted by molar-refractivity contribution is 0.0950. The van der Waals surface area contributed by atoms with Crippen molar-refractivity contribution in [3.63, 3.8) is 0 Å². The Balaban J connectivity index is 1.50. The van der Waals surface area contributed by atoms with E-state index in [-0.39, 0.29) is 10.5 Å². The Bertz CT molecular complexity index is 1520. The van der Waals surface area contributed by atoms with Crippen LogP contribution in [-0.4, -0.2) is 35.4 Å². The lowest BCUT2D eigenvalue weighted by Crippen LogP contribution is -2.28. The first-order chi connectivity index (χ1) is 16.6. The van der Waals surface area contributed by atoms with Crippen LogP contribution >= 0.6 is 0 Å². The molecule has 0 unspecified atom stereocenters. The van der Waals surface area contributed by atoms with E-state index >= 15 is 0 Å². The summed E-state index contributed by atoms with van der Waals surface area (Å²) in [5.74, 6) is 0.505. The van der Waals surface area contributed by atoms with Crippen molar-refractivity contribution in [3.8, 4) is 5.69 Å². The van der Waals surface area contributed by atoms with E-state index in [1.165, 1.54) is 12.1 Å². The summed E-state index contributed by atoms with van der Waals surface area (Å²) >= 11 is 0. The SMILES string of the molecule is CCc1nc2c(C)nc(C)cc2n1-c1ccc(CCNC(=O)c2cc(C)ccc2S(N)(=O)=O)cc1. The number of hydrogen-bond acceptors (Lipinski definition) is 5. The molecule has 0 spiro atoms. The third-order valence-electron chi connectivity index (χ3n) is 5.91. The van der Waals surface area contributed by atoms with Crippen molar-refractivity contribution >= 4 is 27.0 Å². The number of carbonyl (C=O) groups is 1. The molecule has 0 atom stereocenters. The topological polar surface area (TPSA) is 120 Å². The number of hydrogen-bond donors (Lipinski definition) is 2. The van der Waals surface area contributed by atoms with Crippen molar-refractivity contribution in [2.75, 3.05) is 6.54 Å². The van der Waals surface area contributed by atoms with E-state index in [0.717, 1.165) is 51.5 Å². The Morgan fingerprint density at radius 3 is 2.40 bits per heavy atom. The molecule has 2 heterocycles. The van der Waals surface area contributed by atoms with E-state index in [1.54, 1.807) is 13.0 Å². The number of rotatable bonds is 7. The van der Waals surface area contributed by atoms with Gasteiger partial charge < -0.3 is 5.32 Å². The van der Waals surface area contributed by atoms with E-state index in [2.05, 4.69) is 27.9 Å². The zero-order valence-electron chi connectivity index (χ0n) is 20.3. The van der Waals surface area contributed by atoms with Gasteiger partial charge in [0.05, 0.1) is 21.7 Å². The van der Waals surface area contributed by atoms with Gasteiger partial charge in [-0.3, -0.25) is 14.3 Å². The highest BCUT2D eigenvalue weighted by Gasteiger charge is 2.19. The van der Waals surface area contributed by atoms with Gasteiger partial charge in [-0.15, -0.1) is 0 Å². The Hall–Kier alpha value is -3.56. The Labute approximate surface area is 205 Å². The third-order valence-corrected chi connectivity index (χ3v) is 6.88. The van der Waals surface area contributed by atoms with Gasteiger partial charge in [-0.05, 0) is 63.1 Å². The summed E-state index contributed by atoms with van der Waals surface area (Å²) in [6, 6.07) is 14.7. The first-order valence-electron chi connectivity index (χ1n) is 11.4. The van der Waals surface area contributed by atoms with E-state index in [9.17, 15) is 13.2 Å². The fourth-order valence-corrected chi connectivity index (χ4v) is 4.97. The first kappa shape index (κ1) is 24.6. The Kier molecular flexibility index (Phi) is 6.73. The number of primary sulfonamides is 1. The lowest BCUT2D eigenvalue weighted by atomic mass is 10.1. The van der Waals surface area contributed by atoms with Crippen LogP contribution in [0.1, 0.15) is 45.6 Å². The van der Waals surface area contributed by atoms with Crippen molar-refractivity contribution in [2.24, 2.45) is 5.14 Å². The number of sulfonamides is 1. The van der Waals surface area contributed by atoms with E-state index in [4.69, 9.17) is 10.1 Å². The lowest BCUT2D eigenvalue weighted by Gasteiger charge is -2.11. The average molecular weight is 492 g/mol. The molecule has 4 rings (SSSR count). The molecule has 2 aromatic heterocycles. The smallest absolute Gasteiger partial charge is 0.252 e. The molecule has 0 fully saturated rings. The van der Waals surface area contributed by atoms with Gasteiger partial charge in [-0.25, -0.2) is 18.5 Å². The highest BCUT2D eigenvalue weighted by Crippen LogP contribution is 2.25. The summed E-state index contributed by atoms with van der Waals surface area (Å²) in [6.45, 7) is 8.19. The largest absolute Gasteiger partial charge is 0.352 e. The van der Waals surface area contributed by atoms with Gasteiger partial charge in [0.15, 0.2) is 0 Å². The number of pyridine rings is 1. The molecule has 0 saturated heterocycles. The van der Waals surface area contributed by atoms with Crippen LogP contribution < -0.4 is 10.5 Å². The molecule has 2 aromatic carbocycles. The van der Waals surface area contributed by atoms with Gasteiger partial charge in [-0.2, -0.15) is 0 Å². The predicted octanol–water partition coefficient (Wildman–Crippen LogP) is 3.53. The highest BCUT2D eigenvalue weighted by atomic mass is 32.2. The molecule has 0 saturated carbocycles. The van der Waals surface area contributed by atoms with E-state index in [0.29, 0.717) is 13.0 Å². The molecule has 9 heteroatoms. The number of benzene rings is 2. The Morgan fingerprint density at radius 1 is 1.03 bits per heavy atom. The number of aromatic nitrogens is 3. The standard InChI is InChI=1S/C26H29N5O3S/c1-5-24-30-25-18(4)29-17(3)15-22(25)31(24)20-9-7-19(8-10-20)12-13-28-26(32)21-14-16(2)6-11-23(21)35(27,33)34/h6-11,14-15H,5,12-13H2,1-4H3,(H,28,32)(H2,27,33,34). The fourth-order valence-electron chi connectivity index (χ4n) is 4.25. The van der Waals surface area contributed by atoms with Crippen molar-refractivity contribution in [3.05, 3.63) is 82.4 Å². The first-order valence-corrected chi connectivity index (χ1v) is 13.0. The van der Waals surface area contributed by atoms with Gasteiger partial charge in [0.1, 0.15) is 11.3 Å². The average Bonchev–Trinajstić information content (AvgIpc) is 3.17. The molecule has 0 aliphatic heterocycles. The quantitative estimate of drug-likeness (QED) is 0.410. The van der Waals surface area contributed by atoms with Crippen LogP contribution in [0.15, 0.2) is 53.4 Å². The molecule has 0 radical (unpaired) electrons. The van der Waals surface area contributed by atoms with Crippen molar-refractivity contribution < 1.29 is 13.2 Å². The highest BCUT2D eigenvalue weighted by molar-refractivity contribution is 7.89. The molecule has 0 aliphatic rings. The number of imidazole rings is 1. The molecular weight excluding hydrogens is 462 g/mol. The van der Waals surface area contributed by atoms with Crippen LogP contribution in [0.4, 0.5) is 0 Å². The van der Waals surface area contributed by atoms with Crippen molar-refractivity contribution in [1.82, 2.24) is 19.9 Å². The number of amides is 1. The number of carbonyl (C=O) groups excluding carboxylic acids is 1. The molecule has 8 nitrogen and oxygen atoms in total. The summed E-state index contributed by atoms with van der Waals surface area (Å²) < 4.78 is 25.9. The summed E-state index contributed by atoms with van der Waals surface area (Å²) in [4.78, 5) is 21.8. The predicted molar refractivity (Wildman–Crippen MR) is 136 cm³/mol. The minimum atomic E-state index is -4.00. The maximum atomic E-state index is 12.7. The third kappa shape index (κ3) is 5.11. The molecule has 1 amide bonds. The number of nitrogens with one attached hydrogen (secondary N) is 1. The second-order valence-corrected chi connectivity index (χ2v) is 10.2. The van der Waals surface area contributed by atoms with Crippen LogP contribution in [0, 0.1) is 20.8 Å². The van der Waals surface area contributed by atoms with Gasteiger partial charge in [0.25, 0.3) is 5.91 Å². The maximum Gasteiger partial charge on any atom is 0.252 e. The van der Waals surface area contributed by atoms with Crippen LogP contribution in [0.3, 0.4) is 0 Å². The van der Waals surface area contributed by atoms with E-state index in [1.807, 2.05) is 38.1 Å².